The van der Waals surface area contributed by atoms with E-state index in [2.05, 4.69) is 19.2 Å². The van der Waals surface area contributed by atoms with Crippen LogP contribution in [0.5, 0.6) is 11.5 Å². The third-order valence-corrected chi connectivity index (χ3v) is 3.23. The predicted molar refractivity (Wildman–Crippen MR) is 75.4 cm³/mol. The van der Waals surface area contributed by atoms with Crippen molar-refractivity contribution in [2.45, 2.75) is 20.3 Å². The molecule has 0 radical (unpaired) electrons. The molecule has 0 aliphatic rings. The van der Waals surface area contributed by atoms with Gasteiger partial charge in [0.25, 0.3) is 0 Å². The van der Waals surface area contributed by atoms with Crippen LogP contribution in [0.25, 0.3) is 0 Å². The minimum Gasteiger partial charge on any atom is -0.497 e. The van der Waals surface area contributed by atoms with Crippen LogP contribution in [0.4, 0.5) is 0 Å². The molecule has 3 nitrogen and oxygen atoms in total. The fourth-order valence-electron chi connectivity index (χ4n) is 1.93. The molecule has 18 heavy (non-hydrogen) atoms. The van der Waals surface area contributed by atoms with Gasteiger partial charge >= 0.3 is 0 Å². The zero-order valence-electron chi connectivity index (χ0n) is 11.9. The molecule has 3 heteroatoms. The molecule has 0 fully saturated rings. The third kappa shape index (κ3) is 4.96. The first-order chi connectivity index (χ1) is 8.67. The molecule has 0 spiro atoms. The topological polar surface area (TPSA) is 30.5 Å². The van der Waals surface area contributed by atoms with Crippen molar-refractivity contribution in [2.24, 2.45) is 11.8 Å². The van der Waals surface area contributed by atoms with Crippen molar-refractivity contribution in [2.75, 3.05) is 27.3 Å². The molecule has 102 valence electrons. The van der Waals surface area contributed by atoms with Crippen LogP contribution in [0.15, 0.2) is 24.3 Å². The largest absolute Gasteiger partial charge is 0.497 e. The minimum atomic E-state index is 0.660. The summed E-state index contributed by atoms with van der Waals surface area (Å²) in [6, 6.07) is 7.73. The summed E-state index contributed by atoms with van der Waals surface area (Å²) in [6.45, 7) is 6.32. The standard InChI is InChI=1S/C15H25NO2/c1-12(2)13(11-16-3)9-10-18-15-7-5-14(17-4)6-8-15/h5-8,12-13,16H,9-11H2,1-4H3. The van der Waals surface area contributed by atoms with Crippen molar-refractivity contribution in [3.63, 3.8) is 0 Å². The lowest BCUT2D eigenvalue weighted by molar-refractivity contribution is 0.246. The van der Waals surface area contributed by atoms with E-state index in [-0.39, 0.29) is 0 Å². The van der Waals surface area contributed by atoms with Crippen LogP contribution >= 0.6 is 0 Å². The highest BCUT2D eigenvalue weighted by Gasteiger charge is 2.12. The molecular formula is C15H25NO2. The summed E-state index contributed by atoms with van der Waals surface area (Å²) in [5.41, 5.74) is 0. The number of ether oxygens (including phenoxy) is 2. The van der Waals surface area contributed by atoms with Crippen molar-refractivity contribution < 1.29 is 9.47 Å². The maximum atomic E-state index is 5.75. The molecule has 0 heterocycles. The van der Waals surface area contributed by atoms with Crippen LogP contribution < -0.4 is 14.8 Å². The fourth-order valence-corrected chi connectivity index (χ4v) is 1.93. The molecule has 1 atom stereocenters. The maximum absolute atomic E-state index is 5.75. The summed E-state index contributed by atoms with van der Waals surface area (Å²) in [6.07, 6.45) is 1.07. The number of nitrogens with one attached hydrogen (secondary N) is 1. The Morgan fingerprint density at radius 2 is 1.72 bits per heavy atom. The number of hydrogen-bond acceptors (Lipinski definition) is 3. The van der Waals surface area contributed by atoms with Gasteiger partial charge in [-0.1, -0.05) is 13.8 Å². The molecule has 1 aromatic carbocycles. The zero-order chi connectivity index (χ0) is 13.4. The molecule has 0 bridgehead atoms. The second-order valence-electron chi connectivity index (χ2n) is 4.87. The van der Waals surface area contributed by atoms with Gasteiger partial charge in [0.15, 0.2) is 0 Å². The first-order valence-corrected chi connectivity index (χ1v) is 6.58. The Morgan fingerprint density at radius 3 is 2.22 bits per heavy atom. The van der Waals surface area contributed by atoms with Gasteiger partial charge in [-0.25, -0.2) is 0 Å². The summed E-state index contributed by atoms with van der Waals surface area (Å²) in [7, 11) is 3.67. The summed E-state index contributed by atoms with van der Waals surface area (Å²) in [5, 5.41) is 3.24. The smallest absolute Gasteiger partial charge is 0.119 e. The van der Waals surface area contributed by atoms with Gasteiger partial charge in [-0.05, 0) is 56.1 Å². The molecule has 0 aliphatic heterocycles. The van der Waals surface area contributed by atoms with Crippen molar-refractivity contribution in [3.8, 4) is 11.5 Å². The molecule has 1 N–H and O–H groups in total. The van der Waals surface area contributed by atoms with E-state index in [1.807, 2.05) is 31.3 Å². The van der Waals surface area contributed by atoms with Crippen LogP contribution in [0.3, 0.4) is 0 Å². The van der Waals surface area contributed by atoms with Gasteiger partial charge in [0.1, 0.15) is 11.5 Å². The van der Waals surface area contributed by atoms with E-state index in [1.54, 1.807) is 7.11 Å². The van der Waals surface area contributed by atoms with Gasteiger partial charge < -0.3 is 14.8 Å². The van der Waals surface area contributed by atoms with E-state index >= 15 is 0 Å². The van der Waals surface area contributed by atoms with E-state index in [4.69, 9.17) is 9.47 Å². The van der Waals surface area contributed by atoms with E-state index < -0.39 is 0 Å². The van der Waals surface area contributed by atoms with Crippen LogP contribution in [-0.2, 0) is 0 Å². The molecule has 0 aromatic heterocycles. The average Bonchev–Trinajstić information content (AvgIpc) is 2.38. The van der Waals surface area contributed by atoms with Gasteiger partial charge in [0.2, 0.25) is 0 Å². The van der Waals surface area contributed by atoms with Gasteiger partial charge in [0, 0.05) is 0 Å². The normalized spacial score (nSPS) is 12.5. The second kappa shape index (κ2) is 7.98. The molecule has 0 aliphatic carbocycles. The van der Waals surface area contributed by atoms with Crippen LogP contribution in [0.2, 0.25) is 0 Å². The first kappa shape index (κ1) is 14.8. The Bertz CT molecular complexity index is 322. The van der Waals surface area contributed by atoms with Crippen molar-refractivity contribution in [3.05, 3.63) is 24.3 Å². The van der Waals surface area contributed by atoms with Gasteiger partial charge in [0.05, 0.1) is 13.7 Å². The van der Waals surface area contributed by atoms with E-state index in [1.165, 1.54) is 0 Å². The van der Waals surface area contributed by atoms with E-state index in [0.717, 1.165) is 31.1 Å². The van der Waals surface area contributed by atoms with Crippen molar-refractivity contribution >= 4 is 0 Å². The summed E-state index contributed by atoms with van der Waals surface area (Å²) < 4.78 is 10.9. The SMILES string of the molecule is CNCC(CCOc1ccc(OC)cc1)C(C)C. The minimum absolute atomic E-state index is 0.660. The molecule has 0 saturated carbocycles. The number of methoxy groups -OCH3 is 1. The molecule has 1 unspecified atom stereocenters. The van der Waals surface area contributed by atoms with E-state index in [9.17, 15) is 0 Å². The molecule has 0 saturated heterocycles. The number of rotatable bonds is 8. The Labute approximate surface area is 110 Å². The van der Waals surface area contributed by atoms with Gasteiger partial charge in [-0.2, -0.15) is 0 Å². The Morgan fingerprint density at radius 1 is 1.11 bits per heavy atom. The van der Waals surface area contributed by atoms with Gasteiger partial charge in [-0.15, -0.1) is 0 Å². The quantitative estimate of drug-likeness (QED) is 0.770. The fraction of sp³-hybridized carbons (Fsp3) is 0.600. The maximum Gasteiger partial charge on any atom is 0.119 e. The zero-order valence-corrected chi connectivity index (χ0v) is 11.9. The first-order valence-electron chi connectivity index (χ1n) is 6.58. The van der Waals surface area contributed by atoms with Crippen LogP contribution in [0.1, 0.15) is 20.3 Å². The molecule has 1 rings (SSSR count). The second-order valence-corrected chi connectivity index (χ2v) is 4.87. The summed E-state index contributed by atoms with van der Waals surface area (Å²) >= 11 is 0. The van der Waals surface area contributed by atoms with Crippen molar-refractivity contribution in [1.82, 2.24) is 5.32 Å². The van der Waals surface area contributed by atoms with Gasteiger partial charge in [-0.3, -0.25) is 0 Å². The number of benzene rings is 1. The Hall–Kier alpha value is -1.22. The third-order valence-electron chi connectivity index (χ3n) is 3.23. The highest BCUT2D eigenvalue weighted by molar-refractivity contribution is 5.31. The highest BCUT2D eigenvalue weighted by atomic mass is 16.5. The predicted octanol–water partition coefficient (Wildman–Crippen LogP) is 2.96. The Kier molecular flexibility index (Phi) is 6.58. The lowest BCUT2D eigenvalue weighted by Gasteiger charge is -2.20. The van der Waals surface area contributed by atoms with Crippen LogP contribution in [-0.4, -0.2) is 27.3 Å². The highest BCUT2D eigenvalue weighted by Crippen LogP contribution is 2.19. The average molecular weight is 251 g/mol. The molecule has 1 aromatic rings. The lowest BCUT2D eigenvalue weighted by atomic mass is 9.93. The Balaban J connectivity index is 2.35. The summed E-state index contributed by atoms with van der Waals surface area (Å²) in [5.74, 6) is 3.10. The molecule has 0 amide bonds. The number of hydrogen-bond donors (Lipinski definition) is 1. The van der Waals surface area contributed by atoms with Crippen molar-refractivity contribution in [1.29, 1.82) is 0 Å². The summed E-state index contributed by atoms with van der Waals surface area (Å²) in [4.78, 5) is 0. The molecular weight excluding hydrogens is 226 g/mol. The monoisotopic (exact) mass is 251 g/mol. The van der Waals surface area contributed by atoms with E-state index in [0.29, 0.717) is 11.8 Å². The van der Waals surface area contributed by atoms with Crippen LogP contribution in [0, 0.1) is 11.8 Å². The lowest BCUT2D eigenvalue weighted by Crippen LogP contribution is -2.24.